The molecular formula is C18H22N4O4. The second-order valence-electron chi connectivity index (χ2n) is 6.35. The monoisotopic (exact) mass is 358 g/mol. The van der Waals surface area contributed by atoms with E-state index in [-0.39, 0.29) is 18.6 Å². The molecule has 0 aliphatic carbocycles. The van der Waals surface area contributed by atoms with Gasteiger partial charge in [0.1, 0.15) is 0 Å². The van der Waals surface area contributed by atoms with Crippen LogP contribution in [0.2, 0.25) is 0 Å². The van der Waals surface area contributed by atoms with E-state index in [0.29, 0.717) is 31.8 Å². The van der Waals surface area contributed by atoms with Gasteiger partial charge in [-0.2, -0.15) is 0 Å². The Kier molecular flexibility index (Phi) is 5.65. The van der Waals surface area contributed by atoms with Crippen molar-refractivity contribution in [3.05, 3.63) is 48.5 Å². The summed E-state index contributed by atoms with van der Waals surface area (Å²) < 4.78 is 7.55. The number of likely N-dealkylation sites (N-methyl/N-ethyl adjacent to an activating group) is 1. The fraction of sp³-hybridized carbons (Fsp3) is 0.389. The van der Waals surface area contributed by atoms with Crippen molar-refractivity contribution in [2.75, 3.05) is 39.8 Å². The number of carbonyl (C=O) groups excluding carboxylic acids is 1. The minimum atomic E-state index is -0.880. The van der Waals surface area contributed by atoms with E-state index in [1.54, 1.807) is 41.5 Å². The Labute approximate surface area is 151 Å². The molecule has 1 aliphatic rings. The third-order valence-corrected chi connectivity index (χ3v) is 4.26. The van der Waals surface area contributed by atoms with Crippen molar-refractivity contribution in [1.82, 2.24) is 19.4 Å². The van der Waals surface area contributed by atoms with Gasteiger partial charge in [-0.3, -0.25) is 14.5 Å². The molecular weight excluding hydrogens is 336 g/mol. The maximum absolute atomic E-state index is 12.8. The topological polar surface area (TPSA) is 87.9 Å². The first-order chi connectivity index (χ1) is 12.5. The molecule has 1 aromatic heterocycles. The number of imidazole rings is 1. The molecule has 1 saturated heterocycles. The minimum Gasteiger partial charge on any atom is -0.480 e. The van der Waals surface area contributed by atoms with Gasteiger partial charge < -0.3 is 19.3 Å². The lowest BCUT2D eigenvalue weighted by Crippen LogP contribution is -2.49. The molecule has 3 rings (SSSR count). The molecule has 0 radical (unpaired) electrons. The van der Waals surface area contributed by atoms with Crippen LogP contribution in [-0.2, 0) is 9.53 Å². The van der Waals surface area contributed by atoms with Crippen LogP contribution < -0.4 is 0 Å². The molecule has 1 aliphatic heterocycles. The number of carbonyl (C=O) groups is 2. The molecule has 1 unspecified atom stereocenters. The third-order valence-electron chi connectivity index (χ3n) is 4.26. The summed E-state index contributed by atoms with van der Waals surface area (Å²) in [6.45, 7) is 1.84. The van der Waals surface area contributed by atoms with Crippen LogP contribution in [-0.4, -0.2) is 82.3 Å². The molecule has 1 fully saturated rings. The highest BCUT2D eigenvalue weighted by Crippen LogP contribution is 2.14. The second-order valence-corrected chi connectivity index (χ2v) is 6.35. The zero-order valence-electron chi connectivity index (χ0n) is 14.6. The highest BCUT2D eigenvalue weighted by atomic mass is 16.5. The average molecular weight is 358 g/mol. The largest absolute Gasteiger partial charge is 0.480 e. The van der Waals surface area contributed by atoms with Gasteiger partial charge in [0.05, 0.1) is 25.6 Å². The molecule has 1 atom stereocenters. The second kappa shape index (κ2) is 8.11. The molecule has 1 N–H and O–H groups in total. The van der Waals surface area contributed by atoms with E-state index >= 15 is 0 Å². The first-order valence-corrected chi connectivity index (χ1v) is 8.42. The van der Waals surface area contributed by atoms with Crippen LogP contribution in [0, 0.1) is 0 Å². The van der Waals surface area contributed by atoms with Gasteiger partial charge in [0, 0.05) is 43.3 Å². The fourth-order valence-corrected chi connectivity index (χ4v) is 3.03. The number of nitrogens with zero attached hydrogens (tertiary/aromatic N) is 4. The van der Waals surface area contributed by atoms with Crippen LogP contribution in [0.5, 0.6) is 0 Å². The molecule has 8 heteroatoms. The van der Waals surface area contributed by atoms with Crippen LogP contribution >= 0.6 is 0 Å². The van der Waals surface area contributed by atoms with Crippen LogP contribution in [0.3, 0.4) is 0 Å². The number of aliphatic carboxylic acids is 1. The molecule has 1 aromatic carbocycles. The van der Waals surface area contributed by atoms with Crippen molar-refractivity contribution in [1.29, 1.82) is 0 Å². The van der Waals surface area contributed by atoms with E-state index in [4.69, 9.17) is 9.84 Å². The lowest BCUT2D eigenvalue weighted by atomic mass is 10.1. The number of ether oxygens (including phenoxy) is 1. The van der Waals surface area contributed by atoms with Gasteiger partial charge in [-0.1, -0.05) is 0 Å². The number of carboxylic acid groups (broad SMARTS) is 1. The number of rotatable bonds is 6. The van der Waals surface area contributed by atoms with Gasteiger partial charge in [0.15, 0.2) is 0 Å². The molecule has 26 heavy (non-hydrogen) atoms. The molecule has 2 aromatic rings. The summed E-state index contributed by atoms with van der Waals surface area (Å²) in [5.74, 6) is -0.925. The molecule has 1 amide bonds. The van der Waals surface area contributed by atoms with Crippen molar-refractivity contribution >= 4 is 11.9 Å². The highest BCUT2D eigenvalue weighted by molar-refractivity contribution is 5.94. The Balaban J connectivity index is 1.61. The lowest BCUT2D eigenvalue weighted by Gasteiger charge is -2.34. The van der Waals surface area contributed by atoms with Gasteiger partial charge in [-0.15, -0.1) is 0 Å². The summed E-state index contributed by atoms with van der Waals surface area (Å²) in [7, 11) is 1.73. The number of aromatic nitrogens is 2. The molecule has 0 spiro atoms. The zero-order valence-corrected chi connectivity index (χ0v) is 14.6. The quantitative estimate of drug-likeness (QED) is 0.819. The number of carboxylic acids is 1. The van der Waals surface area contributed by atoms with Crippen molar-refractivity contribution < 1.29 is 19.4 Å². The number of hydrogen-bond acceptors (Lipinski definition) is 5. The Bertz CT molecular complexity index is 745. The fourth-order valence-electron chi connectivity index (χ4n) is 3.03. The van der Waals surface area contributed by atoms with Gasteiger partial charge in [-0.25, -0.2) is 4.98 Å². The van der Waals surface area contributed by atoms with E-state index in [9.17, 15) is 9.59 Å². The smallest absolute Gasteiger partial charge is 0.317 e. The van der Waals surface area contributed by atoms with Gasteiger partial charge in [-0.05, 0) is 31.3 Å². The van der Waals surface area contributed by atoms with Crippen LogP contribution in [0.15, 0.2) is 43.0 Å². The number of hydrogen-bond donors (Lipinski definition) is 1. The molecule has 0 saturated carbocycles. The summed E-state index contributed by atoms with van der Waals surface area (Å²) in [6.07, 6.45) is 5.06. The van der Waals surface area contributed by atoms with Crippen molar-refractivity contribution in [3.63, 3.8) is 0 Å². The van der Waals surface area contributed by atoms with Crippen LogP contribution in [0.25, 0.3) is 5.69 Å². The number of benzene rings is 1. The predicted octanol–water partition coefficient (Wildman–Crippen LogP) is 0.730. The molecule has 0 bridgehead atoms. The van der Waals surface area contributed by atoms with Crippen LogP contribution in [0.1, 0.15) is 10.4 Å². The lowest BCUT2D eigenvalue weighted by molar-refractivity contribution is -0.138. The molecule has 8 nitrogen and oxygen atoms in total. The highest BCUT2D eigenvalue weighted by Gasteiger charge is 2.26. The summed E-state index contributed by atoms with van der Waals surface area (Å²) in [6, 6.07) is 7.37. The maximum atomic E-state index is 12.8. The SMILES string of the molecule is CN(CC(=O)O)CC1CN(C(=O)c2ccc(-n3ccnc3)cc2)CCO1. The molecule has 138 valence electrons. The van der Waals surface area contributed by atoms with Gasteiger partial charge in [0.2, 0.25) is 0 Å². The van der Waals surface area contributed by atoms with Gasteiger partial charge >= 0.3 is 5.97 Å². The number of morpholine rings is 1. The normalized spacial score (nSPS) is 17.5. The Morgan fingerprint density at radius 3 is 2.77 bits per heavy atom. The van der Waals surface area contributed by atoms with E-state index in [1.165, 1.54) is 0 Å². The number of amides is 1. The van der Waals surface area contributed by atoms with E-state index in [1.807, 2.05) is 22.9 Å². The first kappa shape index (κ1) is 18.1. The van der Waals surface area contributed by atoms with Crippen molar-refractivity contribution in [2.45, 2.75) is 6.10 Å². The van der Waals surface area contributed by atoms with Gasteiger partial charge in [0.25, 0.3) is 5.91 Å². The zero-order chi connectivity index (χ0) is 18.5. The minimum absolute atomic E-state index is 0.0450. The standard InChI is InChI=1S/C18H22N4O4/c1-20(12-17(23)24)10-16-11-21(8-9-26-16)18(25)14-2-4-15(5-3-14)22-7-6-19-13-22/h2-7,13,16H,8-12H2,1H3,(H,23,24). The maximum Gasteiger partial charge on any atom is 0.317 e. The van der Waals surface area contributed by atoms with Crippen molar-refractivity contribution in [2.24, 2.45) is 0 Å². The summed E-state index contributed by atoms with van der Waals surface area (Å²) in [4.78, 5) is 31.0. The Morgan fingerprint density at radius 1 is 1.35 bits per heavy atom. The van der Waals surface area contributed by atoms with E-state index in [2.05, 4.69) is 4.98 Å². The third kappa shape index (κ3) is 4.47. The average Bonchev–Trinajstić information content (AvgIpc) is 3.15. The summed E-state index contributed by atoms with van der Waals surface area (Å²) in [5.41, 5.74) is 1.56. The molecule has 2 heterocycles. The Hall–Kier alpha value is -2.71. The summed E-state index contributed by atoms with van der Waals surface area (Å²) in [5, 5.41) is 8.84. The van der Waals surface area contributed by atoms with Crippen molar-refractivity contribution in [3.8, 4) is 5.69 Å². The summed E-state index contributed by atoms with van der Waals surface area (Å²) >= 11 is 0. The predicted molar refractivity (Wildman–Crippen MR) is 94.3 cm³/mol. The Morgan fingerprint density at radius 2 is 2.12 bits per heavy atom. The van der Waals surface area contributed by atoms with Crippen LogP contribution in [0.4, 0.5) is 0 Å². The van der Waals surface area contributed by atoms with E-state index < -0.39 is 5.97 Å². The van der Waals surface area contributed by atoms with E-state index in [0.717, 1.165) is 5.69 Å². The first-order valence-electron chi connectivity index (χ1n) is 8.42.